The van der Waals surface area contributed by atoms with Gasteiger partial charge in [0.25, 0.3) is 0 Å². The van der Waals surface area contributed by atoms with E-state index in [2.05, 4.69) is 27.7 Å². The Labute approximate surface area is 615 Å². The Hall–Kier alpha value is -7.54. The van der Waals surface area contributed by atoms with E-state index in [4.69, 9.17) is 28.4 Å². The molecule has 0 unspecified atom stereocenters. The molecule has 0 aliphatic heterocycles. The van der Waals surface area contributed by atoms with Crippen LogP contribution in [0, 0.1) is 45.3 Å². The minimum absolute atomic E-state index is 0.0970. The maximum atomic E-state index is 14.3. The number of ether oxygens (including phenoxy) is 6. The fourth-order valence-corrected chi connectivity index (χ4v) is 13.7. The van der Waals surface area contributed by atoms with Gasteiger partial charge in [0, 0.05) is 10.4 Å². The largest absolute Gasteiger partial charge is 0.490 e. The van der Waals surface area contributed by atoms with Crippen LogP contribution in [0.1, 0.15) is 357 Å². The fourth-order valence-electron chi connectivity index (χ4n) is 13.7. The molecule has 556 valence electrons. The first-order chi connectivity index (χ1) is 50.2. The molecule has 0 aromatic heterocycles. The van der Waals surface area contributed by atoms with Crippen LogP contribution < -0.4 is 38.9 Å². The Bertz CT molecular complexity index is 3230. The van der Waals surface area contributed by atoms with Crippen molar-refractivity contribution < 1.29 is 38.0 Å². The van der Waals surface area contributed by atoms with Crippen molar-refractivity contribution in [3.63, 3.8) is 0 Å². The molecule has 0 N–H and O–H groups in total. The van der Waals surface area contributed by atoms with Crippen LogP contribution in [0.5, 0.6) is 34.5 Å². The van der Waals surface area contributed by atoms with Crippen LogP contribution in [0.15, 0.2) is 72.8 Å². The summed E-state index contributed by atoms with van der Waals surface area (Å²) in [6.45, 7) is 11.0. The first-order valence-corrected chi connectivity index (χ1v) is 40.9. The second kappa shape index (κ2) is 55.1. The third kappa shape index (κ3) is 33.3. The Morgan fingerprint density at radius 3 is 0.725 bits per heavy atom. The minimum Gasteiger partial charge on any atom is -0.490 e. The predicted molar refractivity (Wildman–Crippen MR) is 419 cm³/mol. The molecular formula is C90H128N4O8. The quantitative estimate of drug-likeness (QED) is 0.0155. The highest BCUT2D eigenvalue weighted by atomic mass is 16.5. The van der Waals surface area contributed by atoms with Crippen molar-refractivity contribution >= 4 is 44.6 Å². The summed E-state index contributed by atoms with van der Waals surface area (Å²) in [6, 6.07) is 27.8. The van der Waals surface area contributed by atoms with E-state index in [1.165, 1.54) is 244 Å². The van der Waals surface area contributed by atoms with E-state index >= 15 is 0 Å². The van der Waals surface area contributed by atoms with Crippen molar-refractivity contribution in [2.24, 2.45) is 0 Å². The van der Waals surface area contributed by atoms with Gasteiger partial charge in [-0.3, -0.25) is 0 Å². The predicted octanol–water partition coefficient (Wildman–Crippen LogP) is 25.1. The number of nitrogens with zero attached hydrogens (tertiary/aromatic N) is 4. The molecule has 0 radical (unpaired) electrons. The molecular weight excluding hydrogens is 1270 g/mol. The summed E-state index contributed by atoms with van der Waals surface area (Å²) >= 11 is 0. The molecule has 0 heterocycles. The monoisotopic (exact) mass is 1390 g/mol. The molecule has 0 atom stereocenters. The van der Waals surface area contributed by atoms with Gasteiger partial charge in [-0.15, -0.1) is 0 Å². The van der Waals surface area contributed by atoms with E-state index in [-0.39, 0.29) is 44.2 Å². The number of hydrogen-bond acceptors (Lipinski definition) is 12. The van der Waals surface area contributed by atoms with Gasteiger partial charge in [0.05, 0.1) is 37.6 Å². The van der Waals surface area contributed by atoms with Crippen molar-refractivity contribution in [1.29, 1.82) is 21.0 Å². The van der Waals surface area contributed by atoms with Crippen LogP contribution in [-0.2, 0) is 0 Å². The Balaban J connectivity index is 1.33. The SMILES string of the molecule is CCCCCCCCCCCCCCOc1ccc(C(=O)Oc2ccc3c(=C(C#N)C#N)c4cc(OC(=O)c5ccc(OCCCCCCCCCCCCCC)c(OCCCCCCCCCCCCCC)c5)ccc4c(=C(C#N)C#N)c3c2)cc1OCCCCCCCCCCCCCC. The van der Waals surface area contributed by atoms with Gasteiger partial charge in [-0.25, -0.2) is 9.59 Å². The molecule has 0 aliphatic carbocycles. The van der Waals surface area contributed by atoms with Crippen LogP contribution >= 0.6 is 0 Å². The first kappa shape index (κ1) is 85.1. The second-order valence-corrected chi connectivity index (χ2v) is 28.4. The van der Waals surface area contributed by atoms with E-state index in [1.807, 2.05) is 24.3 Å². The number of rotatable bonds is 60. The number of carbonyl (C=O) groups excluding carboxylic acids is 2. The molecule has 5 rings (SSSR count). The summed E-state index contributed by atoms with van der Waals surface area (Å²) in [5.74, 6) is 0.914. The van der Waals surface area contributed by atoms with E-state index in [0.717, 1.165) is 64.2 Å². The highest BCUT2D eigenvalue weighted by molar-refractivity contribution is 6.07. The molecule has 0 saturated carbocycles. The molecule has 5 aromatic rings. The fraction of sp³-hybridized carbons (Fsp3) is 0.622. The van der Waals surface area contributed by atoms with Crippen molar-refractivity contribution in [3.05, 3.63) is 94.4 Å². The highest BCUT2D eigenvalue weighted by Crippen LogP contribution is 2.33. The summed E-state index contributed by atoms with van der Waals surface area (Å²) in [5, 5.41) is 43.7. The normalized spacial score (nSPS) is 11.1. The van der Waals surface area contributed by atoms with E-state index in [9.17, 15) is 30.6 Å². The molecule has 0 aliphatic rings. The maximum Gasteiger partial charge on any atom is 0.343 e. The van der Waals surface area contributed by atoms with Crippen molar-refractivity contribution in [1.82, 2.24) is 0 Å². The zero-order valence-electron chi connectivity index (χ0n) is 63.8. The van der Waals surface area contributed by atoms with Gasteiger partial charge in [-0.2, -0.15) is 21.0 Å². The van der Waals surface area contributed by atoms with Gasteiger partial charge < -0.3 is 28.4 Å². The molecule has 0 saturated heterocycles. The highest BCUT2D eigenvalue weighted by Gasteiger charge is 2.21. The smallest absolute Gasteiger partial charge is 0.343 e. The molecule has 0 amide bonds. The lowest BCUT2D eigenvalue weighted by molar-refractivity contribution is 0.0724. The third-order valence-electron chi connectivity index (χ3n) is 19.8. The lowest BCUT2D eigenvalue weighted by Gasteiger charge is -2.15. The zero-order chi connectivity index (χ0) is 72.7. The van der Waals surface area contributed by atoms with Crippen molar-refractivity contribution in [3.8, 4) is 58.8 Å². The summed E-state index contributed by atoms with van der Waals surface area (Å²) in [5.41, 5.74) is -0.0478. The number of unbranched alkanes of at least 4 members (excludes halogenated alkanes) is 44. The summed E-state index contributed by atoms with van der Waals surface area (Å²) in [6.07, 6.45) is 59.4. The average molecular weight is 1390 g/mol. The van der Waals surface area contributed by atoms with Crippen molar-refractivity contribution in [2.75, 3.05) is 26.4 Å². The third-order valence-corrected chi connectivity index (χ3v) is 19.8. The average Bonchev–Trinajstić information content (AvgIpc) is 0.735. The van der Waals surface area contributed by atoms with Gasteiger partial charge in [-0.1, -0.05) is 310 Å². The molecule has 0 fully saturated rings. The van der Waals surface area contributed by atoms with Crippen LogP contribution in [0.3, 0.4) is 0 Å². The lowest BCUT2D eigenvalue weighted by Crippen LogP contribution is -2.19. The summed E-state index contributed by atoms with van der Waals surface area (Å²) < 4.78 is 37.7. The van der Waals surface area contributed by atoms with Gasteiger partial charge in [0.2, 0.25) is 0 Å². The molecule has 12 heteroatoms. The van der Waals surface area contributed by atoms with Gasteiger partial charge in [0.1, 0.15) is 46.9 Å². The van der Waals surface area contributed by atoms with Gasteiger partial charge in [0.15, 0.2) is 23.0 Å². The van der Waals surface area contributed by atoms with E-state index in [0.29, 0.717) is 71.0 Å². The number of hydrogen-bond donors (Lipinski definition) is 0. The number of fused-ring (bicyclic) bond motifs is 2. The Morgan fingerprint density at radius 2 is 0.490 bits per heavy atom. The lowest BCUT2D eigenvalue weighted by atomic mass is 9.93. The topological polar surface area (TPSA) is 185 Å². The second-order valence-electron chi connectivity index (χ2n) is 28.4. The summed E-state index contributed by atoms with van der Waals surface area (Å²) in [7, 11) is 0. The molecule has 102 heavy (non-hydrogen) atoms. The maximum absolute atomic E-state index is 14.3. The van der Waals surface area contributed by atoms with Crippen LogP contribution in [0.2, 0.25) is 0 Å². The van der Waals surface area contributed by atoms with E-state index < -0.39 is 11.9 Å². The molecule has 0 bridgehead atoms. The van der Waals surface area contributed by atoms with E-state index in [1.54, 1.807) is 72.8 Å². The van der Waals surface area contributed by atoms with Gasteiger partial charge >= 0.3 is 11.9 Å². The standard InChI is InChI=1S/C90H128N4O8/c1-5-9-13-17-21-25-29-33-37-41-45-49-61-97-83-59-53-73(65-85(83)99-63-51-47-43-39-35-31-27-23-19-15-11-7-3)89(95)101-77-55-57-79-81(67-77)87(75(69-91)70-92)80-58-56-78(68-82(80)88(79)76(71-93)72-94)102-90(96)74-54-60-84(98-62-50-46-42-38-34-30-26-22-18-14-10-6-2)86(66-74)100-64-52-48-44-40-36-32-28-24-20-16-12-8-4/h53-60,65-68H,5-52,61-64H2,1-4H3. The van der Waals surface area contributed by atoms with Gasteiger partial charge in [-0.05, 0) is 120 Å². The van der Waals surface area contributed by atoms with Crippen LogP contribution in [0.25, 0.3) is 32.7 Å². The number of carbonyl (C=O) groups is 2. The first-order valence-electron chi connectivity index (χ1n) is 40.9. The molecule has 0 spiro atoms. The van der Waals surface area contributed by atoms with Crippen LogP contribution in [-0.4, -0.2) is 38.4 Å². The Morgan fingerprint density at radius 1 is 0.265 bits per heavy atom. The Kier molecular flexibility index (Phi) is 45.9. The number of benzene rings is 5. The van der Waals surface area contributed by atoms with Crippen molar-refractivity contribution in [2.45, 2.75) is 336 Å². The number of nitriles is 4. The summed E-state index contributed by atoms with van der Waals surface area (Å²) in [4.78, 5) is 28.5. The van der Waals surface area contributed by atoms with Crippen LogP contribution in [0.4, 0.5) is 0 Å². The molecule has 5 aromatic carbocycles. The molecule has 12 nitrogen and oxygen atoms in total. The zero-order valence-corrected chi connectivity index (χ0v) is 63.8. The number of esters is 2. The minimum atomic E-state index is -0.674.